The fourth-order valence-corrected chi connectivity index (χ4v) is 2.50. The number of rotatable bonds is 4. The summed E-state index contributed by atoms with van der Waals surface area (Å²) in [7, 11) is 0. The molecule has 0 bridgehead atoms. The monoisotopic (exact) mass is 310 g/mol. The van der Waals surface area contributed by atoms with Gasteiger partial charge in [-0.3, -0.25) is 14.9 Å². The van der Waals surface area contributed by atoms with E-state index in [-0.39, 0.29) is 11.8 Å². The van der Waals surface area contributed by atoms with Gasteiger partial charge in [-0.15, -0.1) is 0 Å². The highest BCUT2D eigenvalue weighted by atomic mass is 16.6. The maximum Gasteiger partial charge on any atom is 0.442 e. The zero-order chi connectivity index (χ0) is 16.4. The largest absolute Gasteiger partial charge is 0.442 e. The lowest BCUT2D eigenvalue weighted by atomic mass is 10.0. The molecule has 116 valence electrons. The van der Waals surface area contributed by atoms with Gasteiger partial charge in [0.1, 0.15) is 16.1 Å². The average Bonchev–Trinajstić information content (AvgIpc) is 2.94. The molecule has 0 spiro atoms. The standard InChI is InChI=1S/C17H14N2O4/c1-2-18-16(20)12-8-9-14-13(10-12)15(17(23-14)19(21)22)11-6-4-3-5-7-11/h3-10H,2H2,1H3,(H,18,20). The van der Waals surface area contributed by atoms with Crippen molar-refractivity contribution in [2.45, 2.75) is 6.92 Å². The fraction of sp³-hybridized carbons (Fsp3) is 0.118. The van der Waals surface area contributed by atoms with Crippen LogP contribution in [-0.4, -0.2) is 17.4 Å². The zero-order valence-corrected chi connectivity index (χ0v) is 12.4. The molecule has 0 unspecified atom stereocenters. The number of hydrogen-bond acceptors (Lipinski definition) is 4. The molecular formula is C17H14N2O4. The Morgan fingerprint density at radius 3 is 2.61 bits per heavy atom. The van der Waals surface area contributed by atoms with Crippen molar-refractivity contribution in [2.75, 3.05) is 6.54 Å². The number of hydrogen-bond donors (Lipinski definition) is 1. The van der Waals surface area contributed by atoms with Crippen molar-refractivity contribution in [1.82, 2.24) is 5.32 Å². The number of nitrogens with one attached hydrogen (secondary N) is 1. The van der Waals surface area contributed by atoms with Gasteiger partial charge in [0.15, 0.2) is 0 Å². The number of benzene rings is 2. The highest BCUT2D eigenvalue weighted by Crippen LogP contribution is 2.39. The van der Waals surface area contributed by atoms with Gasteiger partial charge in [-0.1, -0.05) is 30.3 Å². The van der Waals surface area contributed by atoms with Crippen molar-refractivity contribution in [1.29, 1.82) is 0 Å². The van der Waals surface area contributed by atoms with Gasteiger partial charge < -0.3 is 9.73 Å². The van der Waals surface area contributed by atoms with Crippen LogP contribution in [0.25, 0.3) is 22.1 Å². The summed E-state index contributed by atoms with van der Waals surface area (Å²) in [5.41, 5.74) is 1.87. The molecule has 0 aliphatic carbocycles. The van der Waals surface area contributed by atoms with Crippen molar-refractivity contribution < 1.29 is 14.1 Å². The van der Waals surface area contributed by atoms with Gasteiger partial charge >= 0.3 is 5.88 Å². The first-order valence-corrected chi connectivity index (χ1v) is 7.16. The second kappa shape index (κ2) is 5.92. The van der Waals surface area contributed by atoms with Crippen LogP contribution in [0, 0.1) is 10.1 Å². The molecule has 0 fully saturated rings. The third-order valence-corrected chi connectivity index (χ3v) is 3.50. The summed E-state index contributed by atoms with van der Waals surface area (Å²) in [4.78, 5) is 22.8. The van der Waals surface area contributed by atoms with Crippen LogP contribution >= 0.6 is 0 Å². The lowest BCUT2D eigenvalue weighted by molar-refractivity contribution is -0.400. The SMILES string of the molecule is CCNC(=O)c1ccc2oc([N+](=O)[O-])c(-c3ccccc3)c2c1. The van der Waals surface area contributed by atoms with E-state index in [9.17, 15) is 14.9 Å². The number of furan rings is 1. The molecule has 0 aliphatic heterocycles. The third-order valence-electron chi connectivity index (χ3n) is 3.50. The fourth-order valence-electron chi connectivity index (χ4n) is 2.50. The van der Waals surface area contributed by atoms with E-state index in [1.165, 1.54) is 0 Å². The molecule has 0 saturated carbocycles. The zero-order valence-electron chi connectivity index (χ0n) is 12.4. The molecule has 1 aromatic heterocycles. The van der Waals surface area contributed by atoms with Crippen molar-refractivity contribution in [3.8, 4) is 11.1 Å². The smallest absolute Gasteiger partial charge is 0.400 e. The maximum atomic E-state index is 12.0. The van der Waals surface area contributed by atoms with Gasteiger partial charge in [0.2, 0.25) is 0 Å². The van der Waals surface area contributed by atoms with Crippen molar-refractivity contribution in [3.63, 3.8) is 0 Å². The van der Waals surface area contributed by atoms with Gasteiger partial charge in [0.25, 0.3) is 5.91 Å². The summed E-state index contributed by atoms with van der Waals surface area (Å²) in [6.07, 6.45) is 0. The molecule has 3 aromatic rings. The molecule has 0 atom stereocenters. The van der Waals surface area contributed by atoms with E-state index in [0.29, 0.717) is 34.2 Å². The summed E-state index contributed by atoms with van der Waals surface area (Å²) in [6.45, 7) is 2.34. The predicted octanol–water partition coefficient (Wildman–Crippen LogP) is 3.76. The number of fused-ring (bicyclic) bond motifs is 1. The van der Waals surface area contributed by atoms with Crippen LogP contribution < -0.4 is 5.32 Å². The minimum atomic E-state index is -0.547. The summed E-state index contributed by atoms with van der Waals surface area (Å²) in [5.74, 6) is -0.545. The second-order valence-corrected chi connectivity index (χ2v) is 4.98. The van der Waals surface area contributed by atoms with Gasteiger partial charge in [-0.25, -0.2) is 0 Å². The molecule has 1 heterocycles. The lowest BCUT2D eigenvalue weighted by Crippen LogP contribution is -2.22. The average molecular weight is 310 g/mol. The highest BCUT2D eigenvalue weighted by Gasteiger charge is 2.25. The molecule has 3 rings (SSSR count). The third kappa shape index (κ3) is 2.66. The minimum Gasteiger partial charge on any atom is -0.400 e. The summed E-state index contributed by atoms with van der Waals surface area (Å²) < 4.78 is 5.38. The van der Waals surface area contributed by atoms with Crippen LogP contribution in [0.5, 0.6) is 0 Å². The first kappa shape index (κ1) is 14.8. The Labute approximate surface area is 131 Å². The summed E-state index contributed by atoms with van der Waals surface area (Å²) in [6, 6.07) is 13.8. The Bertz CT molecular complexity index is 884. The number of amides is 1. The molecule has 0 radical (unpaired) electrons. The number of carbonyl (C=O) groups excluding carboxylic acids is 1. The Kier molecular flexibility index (Phi) is 3.80. The van der Waals surface area contributed by atoms with Gasteiger partial charge in [0, 0.05) is 17.5 Å². The minimum absolute atomic E-state index is 0.225. The van der Waals surface area contributed by atoms with E-state index >= 15 is 0 Å². The van der Waals surface area contributed by atoms with Crippen LogP contribution in [0.4, 0.5) is 5.88 Å². The molecule has 0 aliphatic rings. The lowest BCUT2D eigenvalue weighted by Gasteiger charge is -2.02. The van der Waals surface area contributed by atoms with Crippen LogP contribution in [0.2, 0.25) is 0 Å². The number of nitro groups is 1. The number of nitrogens with zero attached hydrogens (tertiary/aromatic N) is 1. The highest BCUT2D eigenvalue weighted by molar-refractivity contribution is 6.04. The topological polar surface area (TPSA) is 85.4 Å². The molecular weight excluding hydrogens is 296 g/mol. The summed E-state index contributed by atoms with van der Waals surface area (Å²) >= 11 is 0. The van der Waals surface area contributed by atoms with Crippen LogP contribution in [0.15, 0.2) is 52.9 Å². The molecule has 0 saturated heterocycles. The van der Waals surface area contributed by atoms with Crippen molar-refractivity contribution in [2.24, 2.45) is 0 Å². The Balaban J connectivity index is 2.25. The van der Waals surface area contributed by atoms with Crippen LogP contribution in [0.1, 0.15) is 17.3 Å². The Hall–Kier alpha value is -3.15. The van der Waals surface area contributed by atoms with E-state index in [0.717, 1.165) is 0 Å². The van der Waals surface area contributed by atoms with Crippen LogP contribution in [0.3, 0.4) is 0 Å². The van der Waals surface area contributed by atoms with Crippen LogP contribution in [-0.2, 0) is 0 Å². The molecule has 1 N–H and O–H groups in total. The predicted molar refractivity (Wildman–Crippen MR) is 86.3 cm³/mol. The van der Waals surface area contributed by atoms with Gasteiger partial charge in [-0.05, 0) is 30.7 Å². The van der Waals surface area contributed by atoms with Gasteiger partial charge in [-0.2, -0.15) is 0 Å². The van der Waals surface area contributed by atoms with Crippen molar-refractivity contribution in [3.05, 3.63) is 64.2 Å². The van der Waals surface area contributed by atoms with E-state index in [1.54, 1.807) is 42.5 Å². The first-order valence-electron chi connectivity index (χ1n) is 7.16. The first-order chi connectivity index (χ1) is 11.1. The second-order valence-electron chi connectivity index (χ2n) is 4.98. The summed E-state index contributed by atoms with van der Waals surface area (Å²) in [5, 5.41) is 14.6. The van der Waals surface area contributed by atoms with Crippen molar-refractivity contribution >= 4 is 22.8 Å². The molecule has 6 nitrogen and oxygen atoms in total. The number of carbonyl (C=O) groups is 1. The Morgan fingerprint density at radius 2 is 1.96 bits per heavy atom. The molecule has 6 heteroatoms. The molecule has 2 aromatic carbocycles. The maximum absolute atomic E-state index is 12.0. The van der Waals surface area contributed by atoms with E-state index in [4.69, 9.17) is 4.42 Å². The van der Waals surface area contributed by atoms with E-state index < -0.39 is 4.92 Å². The van der Waals surface area contributed by atoms with Gasteiger partial charge in [0.05, 0.1) is 0 Å². The molecule has 1 amide bonds. The van der Waals surface area contributed by atoms with E-state index in [2.05, 4.69) is 5.32 Å². The Morgan fingerprint density at radius 1 is 1.22 bits per heavy atom. The quantitative estimate of drug-likeness (QED) is 0.587. The molecule has 23 heavy (non-hydrogen) atoms. The van der Waals surface area contributed by atoms with E-state index in [1.807, 2.05) is 13.0 Å². The normalized spacial score (nSPS) is 10.7.